The van der Waals surface area contributed by atoms with Gasteiger partial charge < -0.3 is 10.1 Å². The molecule has 4 aromatic rings. The molecule has 4 heterocycles. The molecule has 1 amide bonds. The van der Waals surface area contributed by atoms with E-state index in [4.69, 9.17) is 9.72 Å². The van der Waals surface area contributed by atoms with Crippen LogP contribution >= 0.6 is 23.1 Å². The summed E-state index contributed by atoms with van der Waals surface area (Å²) < 4.78 is 8.86. The number of rotatable bonds is 8. The lowest BCUT2D eigenvalue weighted by Crippen LogP contribution is -2.33. The summed E-state index contributed by atoms with van der Waals surface area (Å²) in [6.07, 6.45) is 4.07. The maximum Gasteiger partial charge on any atom is 0.272 e. The predicted octanol–water partition coefficient (Wildman–Crippen LogP) is 3.98. The number of thiophene rings is 1. The van der Waals surface area contributed by atoms with Crippen molar-refractivity contribution in [3.8, 4) is 0 Å². The lowest BCUT2D eigenvalue weighted by atomic mass is 10.2. The van der Waals surface area contributed by atoms with E-state index in [0.29, 0.717) is 22.2 Å². The van der Waals surface area contributed by atoms with Crippen molar-refractivity contribution in [3.63, 3.8) is 0 Å². The monoisotopic (exact) mass is 480 g/mol. The minimum absolute atomic E-state index is 0.0884. The molecule has 9 heteroatoms. The number of benzene rings is 1. The van der Waals surface area contributed by atoms with E-state index < -0.39 is 0 Å². The number of aromatic nitrogens is 3. The number of nitrogens with zero attached hydrogens (tertiary/aromatic N) is 3. The Morgan fingerprint density at radius 1 is 1.24 bits per heavy atom. The van der Waals surface area contributed by atoms with Crippen LogP contribution in [0.4, 0.5) is 0 Å². The van der Waals surface area contributed by atoms with Gasteiger partial charge in [-0.1, -0.05) is 36.0 Å². The van der Waals surface area contributed by atoms with Crippen LogP contribution in [0.15, 0.2) is 58.6 Å². The first-order chi connectivity index (χ1) is 16.2. The van der Waals surface area contributed by atoms with Crippen LogP contribution in [0.3, 0.4) is 0 Å². The highest BCUT2D eigenvalue weighted by Gasteiger charge is 2.19. The van der Waals surface area contributed by atoms with E-state index in [9.17, 15) is 9.59 Å². The third kappa shape index (κ3) is 4.95. The van der Waals surface area contributed by atoms with Gasteiger partial charge in [0.25, 0.3) is 5.56 Å². The quantitative estimate of drug-likeness (QED) is 0.303. The van der Waals surface area contributed by atoms with Gasteiger partial charge in [-0.3, -0.25) is 19.1 Å². The highest BCUT2D eigenvalue weighted by atomic mass is 32.2. The number of carbonyl (C=O) groups is 1. The van der Waals surface area contributed by atoms with Crippen LogP contribution in [0.25, 0.3) is 20.3 Å². The van der Waals surface area contributed by atoms with Crippen molar-refractivity contribution >= 4 is 49.3 Å². The van der Waals surface area contributed by atoms with E-state index in [-0.39, 0.29) is 30.5 Å². The smallest absolute Gasteiger partial charge is 0.272 e. The lowest BCUT2D eigenvalue weighted by Gasteiger charge is -2.13. The normalized spacial score (nSPS) is 15.9. The zero-order chi connectivity index (χ0) is 22.6. The Kier molecular flexibility index (Phi) is 6.70. The average Bonchev–Trinajstić information content (AvgIpc) is 3.50. The topological polar surface area (TPSA) is 86.1 Å². The fourth-order valence-corrected chi connectivity index (χ4v) is 5.94. The van der Waals surface area contributed by atoms with Gasteiger partial charge in [0, 0.05) is 48.2 Å². The molecule has 1 N–H and O–H groups in total. The van der Waals surface area contributed by atoms with Crippen molar-refractivity contribution in [1.82, 2.24) is 19.9 Å². The van der Waals surface area contributed by atoms with Gasteiger partial charge in [-0.25, -0.2) is 4.98 Å². The molecule has 1 saturated heterocycles. The van der Waals surface area contributed by atoms with Gasteiger partial charge in [0.1, 0.15) is 4.70 Å². The molecular weight excluding hydrogens is 456 g/mol. The van der Waals surface area contributed by atoms with E-state index in [1.165, 1.54) is 23.1 Å². The number of thioether (sulfide) groups is 1. The minimum Gasteiger partial charge on any atom is -0.376 e. The molecule has 0 aliphatic carbocycles. The second-order valence-electron chi connectivity index (χ2n) is 7.93. The third-order valence-electron chi connectivity index (χ3n) is 5.64. The zero-order valence-corrected chi connectivity index (χ0v) is 19.7. The van der Waals surface area contributed by atoms with E-state index in [2.05, 4.69) is 10.3 Å². The summed E-state index contributed by atoms with van der Waals surface area (Å²) in [6, 6.07) is 13.7. The van der Waals surface area contributed by atoms with Gasteiger partial charge in [0.2, 0.25) is 5.91 Å². The molecule has 1 aromatic carbocycles. The van der Waals surface area contributed by atoms with E-state index in [1.807, 2.05) is 42.5 Å². The molecule has 1 aliphatic heterocycles. The molecule has 3 aromatic heterocycles. The molecule has 0 bridgehead atoms. The van der Waals surface area contributed by atoms with Crippen molar-refractivity contribution < 1.29 is 9.53 Å². The number of nitrogens with one attached hydrogen (secondary N) is 1. The molecule has 1 fully saturated rings. The number of ether oxygens (including phenoxy) is 1. The number of hydrogen-bond acceptors (Lipinski definition) is 7. The summed E-state index contributed by atoms with van der Waals surface area (Å²) in [6.45, 7) is 1.55. The van der Waals surface area contributed by atoms with Crippen molar-refractivity contribution in [3.05, 3.63) is 64.7 Å². The number of carbonyl (C=O) groups excluding carboxylic acids is 1. The lowest BCUT2D eigenvalue weighted by molar-refractivity contribution is -0.121. The molecule has 0 unspecified atom stereocenters. The van der Waals surface area contributed by atoms with Crippen molar-refractivity contribution in [2.24, 2.45) is 0 Å². The average molecular weight is 481 g/mol. The fraction of sp³-hybridized carbons (Fsp3) is 0.333. The zero-order valence-electron chi connectivity index (χ0n) is 18.0. The molecule has 0 saturated carbocycles. The first kappa shape index (κ1) is 22.1. The van der Waals surface area contributed by atoms with Gasteiger partial charge in [0.15, 0.2) is 5.16 Å². The maximum atomic E-state index is 13.5. The predicted molar refractivity (Wildman–Crippen MR) is 132 cm³/mol. The summed E-state index contributed by atoms with van der Waals surface area (Å²) in [7, 11) is 0. The number of pyridine rings is 1. The van der Waals surface area contributed by atoms with Crippen molar-refractivity contribution in [2.75, 3.05) is 13.2 Å². The SMILES string of the molecule is O=C(CCn1c(SCc2ccccn2)nc2c(sc3ccccc32)c1=O)NC[C@@H]1CCCO1. The maximum absolute atomic E-state index is 13.5. The van der Waals surface area contributed by atoms with Gasteiger partial charge in [-0.15, -0.1) is 11.3 Å². The Balaban J connectivity index is 1.41. The van der Waals surface area contributed by atoms with Gasteiger partial charge >= 0.3 is 0 Å². The Morgan fingerprint density at radius 3 is 2.94 bits per heavy atom. The Hall–Kier alpha value is -2.75. The van der Waals surface area contributed by atoms with Crippen molar-refractivity contribution in [2.45, 2.75) is 42.8 Å². The number of hydrogen-bond donors (Lipinski definition) is 1. The van der Waals surface area contributed by atoms with Crippen LogP contribution in [0.1, 0.15) is 25.0 Å². The first-order valence-corrected chi connectivity index (χ1v) is 12.8. The molecule has 1 atom stereocenters. The van der Waals surface area contributed by atoms with E-state index in [1.54, 1.807) is 10.8 Å². The van der Waals surface area contributed by atoms with Gasteiger partial charge in [-0.05, 0) is 31.0 Å². The standard InChI is InChI=1S/C24H24N4O3S2/c29-20(26-14-17-7-5-13-31-17)10-12-28-23(30)22-21(18-8-1-2-9-19(18)33-22)27-24(28)32-15-16-6-3-4-11-25-16/h1-4,6,8-9,11,17H,5,7,10,12-15H2,(H,26,29)/t17-/m0/s1. The van der Waals surface area contributed by atoms with E-state index in [0.717, 1.165) is 40.7 Å². The number of fused-ring (bicyclic) bond motifs is 3. The highest BCUT2D eigenvalue weighted by Crippen LogP contribution is 2.32. The van der Waals surface area contributed by atoms with Crippen LogP contribution in [-0.2, 0) is 21.8 Å². The summed E-state index contributed by atoms with van der Waals surface area (Å²) in [5.41, 5.74) is 1.53. The molecule has 7 nitrogen and oxygen atoms in total. The Labute approximate surface area is 199 Å². The van der Waals surface area contributed by atoms with Crippen LogP contribution in [-0.4, -0.2) is 39.7 Å². The first-order valence-electron chi connectivity index (χ1n) is 11.0. The van der Waals surface area contributed by atoms with Crippen molar-refractivity contribution in [1.29, 1.82) is 0 Å². The highest BCUT2D eigenvalue weighted by molar-refractivity contribution is 7.98. The molecular formula is C24H24N4O3S2. The largest absolute Gasteiger partial charge is 0.376 e. The van der Waals surface area contributed by atoms with E-state index >= 15 is 0 Å². The Morgan fingerprint density at radius 2 is 2.12 bits per heavy atom. The van der Waals surface area contributed by atoms with Gasteiger partial charge in [-0.2, -0.15) is 0 Å². The third-order valence-corrected chi connectivity index (χ3v) is 7.79. The van der Waals surface area contributed by atoms with Gasteiger partial charge in [0.05, 0.1) is 17.3 Å². The summed E-state index contributed by atoms with van der Waals surface area (Å²) in [4.78, 5) is 35.2. The second-order valence-corrected chi connectivity index (χ2v) is 9.92. The number of amides is 1. The summed E-state index contributed by atoms with van der Waals surface area (Å²) in [5, 5.41) is 4.52. The molecule has 170 valence electrons. The fourth-order valence-electron chi connectivity index (χ4n) is 3.92. The molecule has 33 heavy (non-hydrogen) atoms. The van der Waals surface area contributed by atoms with Crippen LogP contribution in [0.5, 0.6) is 0 Å². The molecule has 0 spiro atoms. The minimum atomic E-state index is -0.100. The van der Waals surface area contributed by atoms with Crippen LogP contribution < -0.4 is 10.9 Å². The molecule has 0 radical (unpaired) electrons. The van der Waals surface area contributed by atoms with Crippen LogP contribution in [0, 0.1) is 0 Å². The summed E-state index contributed by atoms with van der Waals surface area (Å²) >= 11 is 2.92. The molecule has 5 rings (SSSR count). The van der Waals surface area contributed by atoms with Crippen LogP contribution in [0.2, 0.25) is 0 Å². The summed E-state index contributed by atoms with van der Waals surface area (Å²) in [5.74, 6) is 0.501. The second kappa shape index (κ2) is 10.0. The molecule has 1 aliphatic rings. The Bertz CT molecular complexity index is 1330.